The summed E-state index contributed by atoms with van der Waals surface area (Å²) in [5.74, 6) is 1.97. The third-order valence-electron chi connectivity index (χ3n) is 2.06. The van der Waals surface area contributed by atoms with Crippen LogP contribution in [0.25, 0.3) is 0 Å². The first-order valence-electron chi connectivity index (χ1n) is 5.14. The van der Waals surface area contributed by atoms with E-state index in [1.54, 1.807) is 13.0 Å². The van der Waals surface area contributed by atoms with Gasteiger partial charge in [-0.25, -0.2) is 9.97 Å². The Bertz CT molecular complexity index is 525. The molecule has 6 heteroatoms. The van der Waals surface area contributed by atoms with E-state index < -0.39 is 0 Å². The largest absolute Gasteiger partial charge is 0.366 e. The van der Waals surface area contributed by atoms with E-state index in [0.717, 1.165) is 5.69 Å². The second kappa shape index (κ2) is 4.99. The zero-order chi connectivity index (χ0) is 12.1. The van der Waals surface area contributed by atoms with Crippen molar-refractivity contribution >= 4 is 17.3 Å². The lowest BCUT2D eigenvalue weighted by Crippen LogP contribution is -2.04. The van der Waals surface area contributed by atoms with E-state index in [4.69, 9.17) is 5.26 Å². The van der Waals surface area contributed by atoms with Crippen LogP contribution in [-0.4, -0.2) is 21.5 Å². The topological polar surface area (TPSA) is 89.4 Å². The molecule has 0 spiro atoms. The molecule has 0 aromatic carbocycles. The third kappa shape index (κ3) is 2.95. The maximum absolute atomic E-state index is 8.50. The number of nitriles is 1. The Hall–Kier alpha value is -2.55. The molecule has 0 saturated heterocycles. The van der Waals surface area contributed by atoms with Crippen LogP contribution in [0.1, 0.15) is 5.82 Å². The van der Waals surface area contributed by atoms with Gasteiger partial charge in [0.2, 0.25) is 0 Å². The second-order valence-electron chi connectivity index (χ2n) is 3.42. The molecule has 2 aromatic rings. The molecule has 2 heterocycles. The van der Waals surface area contributed by atoms with Crippen LogP contribution in [0.4, 0.5) is 17.3 Å². The normalized spacial score (nSPS) is 9.65. The molecule has 0 aliphatic carbocycles. The molecule has 0 saturated carbocycles. The summed E-state index contributed by atoms with van der Waals surface area (Å²) in [6, 6.07) is 5.67. The lowest BCUT2D eigenvalue weighted by molar-refractivity contribution is 1.05. The quantitative estimate of drug-likeness (QED) is 0.694. The first kappa shape index (κ1) is 11.0. The fraction of sp³-hybridized carbons (Fsp3) is 0.182. The summed E-state index contributed by atoms with van der Waals surface area (Å²) in [5, 5.41) is 14.5. The first-order chi connectivity index (χ1) is 8.28. The molecule has 2 rings (SSSR count). The van der Waals surface area contributed by atoms with Crippen LogP contribution in [0.2, 0.25) is 0 Å². The molecular formula is C11H12N6. The van der Waals surface area contributed by atoms with Gasteiger partial charge in [0.25, 0.3) is 0 Å². The molecule has 0 radical (unpaired) electrons. The number of H-pyrrole nitrogens is 1. The van der Waals surface area contributed by atoms with Crippen molar-refractivity contribution in [2.75, 3.05) is 17.2 Å². The molecule has 17 heavy (non-hydrogen) atoms. The number of hydrogen-bond acceptors (Lipinski definition) is 5. The van der Waals surface area contributed by atoms with Gasteiger partial charge in [0.05, 0.1) is 11.8 Å². The Balaban J connectivity index is 2.17. The molecule has 3 N–H and O–H groups in total. The molecule has 0 fully saturated rings. The number of hydrogen-bond donors (Lipinski definition) is 3. The molecule has 0 atom stereocenters. The fourth-order valence-corrected chi connectivity index (χ4v) is 1.40. The molecule has 2 aromatic heterocycles. The first-order valence-corrected chi connectivity index (χ1v) is 5.14. The van der Waals surface area contributed by atoms with Gasteiger partial charge >= 0.3 is 0 Å². The van der Waals surface area contributed by atoms with E-state index in [2.05, 4.69) is 25.6 Å². The van der Waals surface area contributed by atoms with Crippen molar-refractivity contribution in [2.45, 2.75) is 6.92 Å². The van der Waals surface area contributed by atoms with Gasteiger partial charge in [-0.3, -0.25) is 0 Å². The minimum absolute atomic E-state index is 0.222. The third-order valence-corrected chi connectivity index (χ3v) is 2.06. The number of aryl methyl sites for hydroxylation is 1. The number of aromatic nitrogens is 3. The molecular weight excluding hydrogens is 216 g/mol. The number of nitrogens with zero attached hydrogens (tertiary/aromatic N) is 3. The number of aromatic amines is 1. The van der Waals surface area contributed by atoms with Gasteiger partial charge in [-0.1, -0.05) is 0 Å². The highest BCUT2D eigenvalue weighted by Gasteiger charge is 2.02. The maximum atomic E-state index is 8.50. The lowest BCUT2D eigenvalue weighted by Gasteiger charge is -2.07. The van der Waals surface area contributed by atoms with E-state index in [1.165, 1.54) is 0 Å². The average Bonchev–Trinajstić information content (AvgIpc) is 2.78. The zero-order valence-electron chi connectivity index (χ0n) is 9.36. The average molecular weight is 228 g/mol. The van der Waals surface area contributed by atoms with Gasteiger partial charge in [0.15, 0.2) is 0 Å². The summed E-state index contributed by atoms with van der Waals surface area (Å²) >= 11 is 0. The predicted octanol–water partition coefficient (Wildman–Crippen LogP) is 1.79. The van der Waals surface area contributed by atoms with Crippen LogP contribution in [0.15, 0.2) is 24.5 Å². The summed E-state index contributed by atoms with van der Waals surface area (Å²) < 4.78 is 0. The minimum Gasteiger partial charge on any atom is -0.366 e. The summed E-state index contributed by atoms with van der Waals surface area (Å²) in [6.07, 6.45) is 3.66. The summed E-state index contributed by atoms with van der Waals surface area (Å²) in [5.41, 5.74) is 0.925. The Kier molecular flexibility index (Phi) is 3.21. The molecule has 86 valence electrons. The van der Waals surface area contributed by atoms with Crippen molar-refractivity contribution in [3.63, 3.8) is 0 Å². The highest BCUT2D eigenvalue weighted by atomic mass is 15.1. The monoisotopic (exact) mass is 228 g/mol. The standard InChI is InChI=1S/C11H12N6/c1-8-15-10(14-5-3-12)6-11(16-8)17-9-2-4-13-7-9/h2,4,6-7,13H,5H2,1H3,(H2,14,15,16,17). The fourth-order valence-electron chi connectivity index (χ4n) is 1.40. The minimum atomic E-state index is 0.222. The lowest BCUT2D eigenvalue weighted by atomic mass is 10.4. The van der Waals surface area contributed by atoms with Crippen LogP contribution in [0.3, 0.4) is 0 Å². The van der Waals surface area contributed by atoms with Gasteiger partial charge in [0.1, 0.15) is 24.0 Å². The van der Waals surface area contributed by atoms with Crippen molar-refractivity contribution in [3.05, 3.63) is 30.4 Å². The summed E-state index contributed by atoms with van der Waals surface area (Å²) in [4.78, 5) is 11.4. The zero-order valence-corrected chi connectivity index (χ0v) is 9.36. The molecule has 6 nitrogen and oxygen atoms in total. The van der Waals surface area contributed by atoms with Crippen LogP contribution in [-0.2, 0) is 0 Å². The predicted molar refractivity (Wildman–Crippen MR) is 64.9 cm³/mol. The van der Waals surface area contributed by atoms with E-state index in [9.17, 15) is 0 Å². The number of anilines is 3. The van der Waals surface area contributed by atoms with Crippen molar-refractivity contribution in [1.82, 2.24) is 15.0 Å². The van der Waals surface area contributed by atoms with Crippen molar-refractivity contribution < 1.29 is 0 Å². The number of nitrogens with one attached hydrogen (secondary N) is 3. The van der Waals surface area contributed by atoms with E-state index in [1.807, 2.05) is 24.5 Å². The van der Waals surface area contributed by atoms with Crippen LogP contribution >= 0.6 is 0 Å². The van der Waals surface area contributed by atoms with Gasteiger partial charge in [-0.15, -0.1) is 0 Å². The SMILES string of the molecule is Cc1nc(NCC#N)cc(Nc2cc[nH]c2)n1. The molecule has 0 aliphatic heterocycles. The van der Waals surface area contributed by atoms with Crippen LogP contribution in [0.5, 0.6) is 0 Å². The Morgan fingerprint density at radius 3 is 2.94 bits per heavy atom. The summed E-state index contributed by atoms with van der Waals surface area (Å²) in [7, 11) is 0. The van der Waals surface area contributed by atoms with E-state index in [-0.39, 0.29) is 6.54 Å². The van der Waals surface area contributed by atoms with E-state index >= 15 is 0 Å². The van der Waals surface area contributed by atoms with E-state index in [0.29, 0.717) is 17.5 Å². The highest BCUT2D eigenvalue weighted by Crippen LogP contribution is 2.16. The molecule has 0 bridgehead atoms. The molecule has 0 unspecified atom stereocenters. The Morgan fingerprint density at radius 1 is 1.41 bits per heavy atom. The maximum Gasteiger partial charge on any atom is 0.136 e. The van der Waals surface area contributed by atoms with Gasteiger partial charge in [-0.2, -0.15) is 5.26 Å². The Morgan fingerprint density at radius 2 is 2.24 bits per heavy atom. The van der Waals surface area contributed by atoms with Gasteiger partial charge in [0, 0.05) is 18.5 Å². The Labute approximate surface area is 98.7 Å². The number of rotatable bonds is 4. The van der Waals surface area contributed by atoms with Gasteiger partial charge < -0.3 is 15.6 Å². The van der Waals surface area contributed by atoms with Crippen molar-refractivity contribution in [2.24, 2.45) is 0 Å². The molecule has 0 amide bonds. The summed E-state index contributed by atoms with van der Waals surface area (Å²) in [6.45, 7) is 2.03. The smallest absolute Gasteiger partial charge is 0.136 e. The van der Waals surface area contributed by atoms with Crippen molar-refractivity contribution in [1.29, 1.82) is 5.26 Å². The molecule has 0 aliphatic rings. The van der Waals surface area contributed by atoms with Crippen LogP contribution in [0, 0.1) is 18.3 Å². The van der Waals surface area contributed by atoms with Crippen molar-refractivity contribution in [3.8, 4) is 6.07 Å². The van der Waals surface area contributed by atoms with Crippen LogP contribution < -0.4 is 10.6 Å². The second-order valence-corrected chi connectivity index (χ2v) is 3.42. The highest BCUT2D eigenvalue weighted by molar-refractivity contribution is 5.58. The van der Waals surface area contributed by atoms with Gasteiger partial charge in [-0.05, 0) is 13.0 Å².